The second-order valence-corrected chi connectivity index (χ2v) is 6.50. The number of amides is 1. The largest absolute Gasteiger partial charge is 0.350 e. The summed E-state index contributed by atoms with van der Waals surface area (Å²) in [6.07, 6.45) is 0. The average molecular weight is 393 g/mol. The molecule has 6 heteroatoms. The third kappa shape index (κ3) is 3.41. The fourth-order valence-corrected chi connectivity index (χ4v) is 3.09. The van der Waals surface area contributed by atoms with Gasteiger partial charge in [-0.1, -0.05) is 39.7 Å². The smallest absolute Gasteiger partial charge is 0.252 e. The monoisotopic (exact) mass is 391 g/mol. The molecule has 0 aliphatic carbocycles. The molecule has 4 nitrogen and oxygen atoms in total. The van der Waals surface area contributed by atoms with Gasteiger partial charge < -0.3 is 9.88 Å². The van der Waals surface area contributed by atoms with E-state index in [-0.39, 0.29) is 5.91 Å². The Labute approximate surface area is 147 Å². The van der Waals surface area contributed by atoms with E-state index in [4.69, 9.17) is 11.6 Å². The van der Waals surface area contributed by atoms with Crippen LogP contribution in [0.1, 0.15) is 16.2 Å². The molecule has 3 aromatic rings. The molecule has 1 aromatic heterocycles. The van der Waals surface area contributed by atoms with Gasteiger partial charge in [-0.05, 0) is 37.3 Å². The van der Waals surface area contributed by atoms with Crippen LogP contribution >= 0.6 is 27.5 Å². The predicted molar refractivity (Wildman–Crippen MR) is 96.0 cm³/mol. The van der Waals surface area contributed by atoms with Crippen molar-refractivity contribution >= 4 is 44.5 Å². The molecule has 0 radical (unpaired) electrons. The molecular weight excluding hydrogens is 378 g/mol. The number of hydrogen-bond acceptors (Lipinski definition) is 2. The minimum absolute atomic E-state index is 0.182. The van der Waals surface area contributed by atoms with Crippen molar-refractivity contribution in [3.8, 4) is 0 Å². The number of nitrogens with one attached hydrogen (secondary N) is 1. The van der Waals surface area contributed by atoms with Crippen LogP contribution in [0.15, 0.2) is 46.9 Å². The summed E-state index contributed by atoms with van der Waals surface area (Å²) >= 11 is 9.43. The first kappa shape index (κ1) is 16.0. The molecule has 0 saturated carbocycles. The fourth-order valence-electron chi connectivity index (χ4n) is 2.53. The van der Waals surface area contributed by atoms with Crippen LogP contribution in [-0.4, -0.2) is 22.0 Å². The van der Waals surface area contributed by atoms with Gasteiger partial charge in [0.2, 0.25) is 0 Å². The van der Waals surface area contributed by atoms with Gasteiger partial charge in [0.25, 0.3) is 5.91 Å². The molecule has 2 aromatic carbocycles. The number of carbonyl (C=O) groups is 1. The van der Waals surface area contributed by atoms with Crippen LogP contribution in [0.25, 0.3) is 11.0 Å². The van der Waals surface area contributed by atoms with E-state index in [0.717, 1.165) is 21.3 Å². The number of fused-ring (bicyclic) bond motifs is 1. The summed E-state index contributed by atoms with van der Waals surface area (Å²) in [5.74, 6) is 0.749. The lowest BCUT2D eigenvalue weighted by molar-refractivity contribution is 0.0952. The minimum atomic E-state index is -0.182. The van der Waals surface area contributed by atoms with Crippen molar-refractivity contribution in [2.24, 2.45) is 0 Å². The molecule has 1 N–H and O–H groups in total. The Kier molecular flexibility index (Phi) is 4.68. The molecule has 0 atom stereocenters. The van der Waals surface area contributed by atoms with E-state index in [2.05, 4.69) is 30.8 Å². The molecular formula is C17H15BrClN3O. The summed E-state index contributed by atoms with van der Waals surface area (Å²) in [6.45, 7) is 3.12. The zero-order valence-corrected chi connectivity index (χ0v) is 14.9. The number of aromatic nitrogens is 2. The van der Waals surface area contributed by atoms with Gasteiger partial charge in [0, 0.05) is 17.6 Å². The standard InChI is InChI=1S/C17H15BrClN3O/c1-11-21-15-4-2-3-5-16(15)22(11)9-8-20-17(23)13-10-12(18)6-7-14(13)19/h2-7,10H,8-9H2,1H3,(H,20,23). The van der Waals surface area contributed by atoms with Gasteiger partial charge >= 0.3 is 0 Å². The number of carbonyl (C=O) groups excluding carboxylic acids is 1. The Morgan fingerprint density at radius 1 is 1.30 bits per heavy atom. The highest BCUT2D eigenvalue weighted by Crippen LogP contribution is 2.21. The number of para-hydroxylation sites is 2. The van der Waals surface area contributed by atoms with E-state index in [0.29, 0.717) is 23.7 Å². The molecule has 23 heavy (non-hydrogen) atoms. The summed E-state index contributed by atoms with van der Waals surface area (Å²) in [4.78, 5) is 16.8. The van der Waals surface area contributed by atoms with E-state index in [9.17, 15) is 4.79 Å². The van der Waals surface area contributed by atoms with Gasteiger partial charge in [-0.15, -0.1) is 0 Å². The first-order chi connectivity index (χ1) is 11.1. The quantitative estimate of drug-likeness (QED) is 0.723. The van der Waals surface area contributed by atoms with Crippen LogP contribution in [0.5, 0.6) is 0 Å². The maximum absolute atomic E-state index is 12.3. The molecule has 0 spiro atoms. The Morgan fingerprint density at radius 2 is 2.09 bits per heavy atom. The normalized spacial score (nSPS) is 10.9. The maximum Gasteiger partial charge on any atom is 0.252 e. The van der Waals surface area contributed by atoms with Crippen molar-refractivity contribution in [2.75, 3.05) is 6.54 Å². The van der Waals surface area contributed by atoms with Gasteiger partial charge in [-0.2, -0.15) is 0 Å². The minimum Gasteiger partial charge on any atom is -0.350 e. The summed E-state index contributed by atoms with van der Waals surface area (Å²) in [5, 5.41) is 3.34. The van der Waals surface area contributed by atoms with E-state index >= 15 is 0 Å². The Morgan fingerprint density at radius 3 is 2.91 bits per heavy atom. The summed E-state index contributed by atoms with van der Waals surface area (Å²) < 4.78 is 2.92. The third-order valence-corrected chi connectivity index (χ3v) is 4.46. The zero-order valence-electron chi connectivity index (χ0n) is 12.5. The average Bonchev–Trinajstić information content (AvgIpc) is 2.85. The number of hydrogen-bond donors (Lipinski definition) is 1. The van der Waals surface area contributed by atoms with Crippen molar-refractivity contribution < 1.29 is 4.79 Å². The van der Waals surface area contributed by atoms with Gasteiger partial charge in [0.15, 0.2) is 0 Å². The van der Waals surface area contributed by atoms with Crippen LogP contribution in [-0.2, 0) is 6.54 Å². The van der Waals surface area contributed by atoms with Gasteiger partial charge in [-0.25, -0.2) is 4.98 Å². The van der Waals surface area contributed by atoms with E-state index < -0.39 is 0 Å². The van der Waals surface area contributed by atoms with Crippen molar-refractivity contribution in [3.05, 3.63) is 63.3 Å². The van der Waals surface area contributed by atoms with Crippen LogP contribution in [0.2, 0.25) is 5.02 Å². The van der Waals surface area contributed by atoms with Gasteiger partial charge in [-0.3, -0.25) is 4.79 Å². The lowest BCUT2D eigenvalue weighted by Gasteiger charge is -2.10. The molecule has 0 unspecified atom stereocenters. The fraction of sp³-hybridized carbons (Fsp3) is 0.176. The zero-order chi connectivity index (χ0) is 16.4. The lowest BCUT2D eigenvalue weighted by Crippen LogP contribution is -2.27. The van der Waals surface area contributed by atoms with E-state index in [1.807, 2.05) is 31.2 Å². The van der Waals surface area contributed by atoms with Crippen LogP contribution in [0.3, 0.4) is 0 Å². The van der Waals surface area contributed by atoms with Gasteiger partial charge in [0.1, 0.15) is 5.82 Å². The molecule has 118 valence electrons. The molecule has 0 aliphatic heterocycles. The topological polar surface area (TPSA) is 46.9 Å². The summed E-state index contributed by atoms with van der Waals surface area (Å²) in [6, 6.07) is 13.2. The lowest BCUT2D eigenvalue weighted by atomic mass is 10.2. The van der Waals surface area contributed by atoms with Crippen LogP contribution in [0, 0.1) is 6.92 Å². The molecule has 0 saturated heterocycles. The summed E-state index contributed by atoms with van der Waals surface area (Å²) in [7, 11) is 0. The number of rotatable bonds is 4. The summed E-state index contributed by atoms with van der Waals surface area (Å²) in [5.41, 5.74) is 2.50. The van der Waals surface area contributed by atoms with E-state index in [1.54, 1.807) is 18.2 Å². The maximum atomic E-state index is 12.3. The Hall–Kier alpha value is -1.85. The van der Waals surface area contributed by atoms with Crippen LogP contribution < -0.4 is 5.32 Å². The molecule has 3 rings (SSSR count). The molecule has 1 heterocycles. The predicted octanol–water partition coefficient (Wildman–Crippen LogP) is 4.19. The first-order valence-corrected chi connectivity index (χ1v) is 8.38. The highest BCUT2D eigenvalue weighted by Gasteiger charge is 2.11. The molecule has 0 bridgehead atoms. The van der Waals surface area contributed by atoms with Crippen molar-refractivity contribution in [1.82, 2.24) is 14.9 Å². The second kappa shape index (κ2) is 6.72. The van der Waals surface area contributed by atoms with E-state index in [1.165, 1.54) is 0 Å². The van der Waals surface area contributed by atoms with Crippen molar-refractivity contribution in [1.29, 1.82) is 0 Å². The number of benzene rings is 2. The molecule has 1 amide bonds. The Bertz CT molecular complexity index is 875. The van der Waals surface area contributed by atoms with Crippen molar-refractivity contribution in [3.63, 3.8) is 0 Å². The first-order valence-electron chi connectivity index (χ1n) is 7.21. The third-order valence-electron chi connectivity index (χ3n) is 3.64. The van der Waals surface area contributed by atoms with Crippen molar-refractivity contribution in [2.45, 2.75) is 13.5 Å². The second-order valence-electron chi connectivity index (χ2n) is 5.18. The number of nitrogens with zero attached hydrogens (tertiary/aromatic N) is 2. The number of imidazole rings is 1. The number of halogens is 2. The van der Waals surface area contributed by atoms with Crippen LogP contribution in [0.4, 0.5) is 0 Å². The SMILES string of the molecule is Cc1nc2ccccc2n1CCNC(=O)c1cc(Br)ccc1Cl. The number of aryl methyl sites for hydroxylation is 1. The highest BCUT2D eigenvalue weighted by atomic mass is 79.9. The molecule has 0 aliphatic rings. The van der Waals surface area contributed by atoms with Gasteiger partial charge in [0.05, 0.1) is 21.6 Å². The highest BCUT2D eigenvalue weighted by molar-refractivity contribution is 9.10. The Balaban J connectivity index is 1.70. The molecule has 0 fully saturated rings.